The molecule has 2 aromatic rings. The summed E-state index contributed by atoms with van der Waals surface area (Å²) in [5.41, 5.74) is 3.06. The number of amides is 2. The molecule has 2 heterocycles. The quantitative estimate of drug-likeness (QED) is 0.835. The number of nitrogens with one attached hydrogen (secondary N) is 2. The minimum atomic E-state index is -0.400. The Kier molecular flexibility index (Phi) is 5.14. The summed E-state index contributed by atoms with van der Waals surface area (Å²) in [7, 11) is 1.86. The zero-order chi connectivity index (χ0) is 17.8. The van der Waals surface area contributed by atoms with Crippen molar-refractivity contribution in [2.24, 2.45) is 0 Å². The second kappa shape index (κ2) is 7.48. The van der Waals surface area contributed by atoms with E-state index in [1.54, 1.807) is 10.9 Å². The first-order chi connectivity index (χ1) is 12.0. The lowest BCUT2D eigenvalue weighted by Gasteiger charge is -2.31. The largest absolute Gasteiger partial charge is 0.353 e. The number of aromatic nitrogens is 2. The number of likely N-dealkylation sites (N-methyl/N-ethyl adjacent to an activating group) is 1. The summed E-state index contributed by atoms with van der Waals surface area (Å²) in [5.74, 6) is -0.228. The number of piperazine rings is 1. The lowest BCUT2D eigenvalue weighted by molar-refractivity contribution is -0.133. The van der Waals surface area contributed by atoms with Gasteiger partial charge in [-0.1, -0.05) is 18.2 Å². The van der Waals surface area contributed by atoms with Crippen LogP contribution in [0.3, 0.4) is 0 Å². The molecule has 0 spiro atoms. The number of carbonyl (C=O) groups excluding carboxylic acids is 2. The number of carbonyl (C=O) groups is 2. The first-order valence-electron chi connectivity index (χ1n) is 8.39. The zero-order valence-corrected chi connectivity index (χ0v) is 14.5. The van der Waals surface area contributed by atoms with Crippen LogP contribution >= 0.6 is 0 Å². The summed E-state index contributed by atoms with van der Waals surface area (Å²) in [6.45, 7) is 3.81. The number of nitrogens with zero attached hydrogens (tertiary/aromatic N) is 3. The van der Waals surface area contributed by atoms with Crippen molar-refractivity contribution in [2.75, 3.05) is 20.1 Å². The topological polar surface area (TPSA) is 79.3 Å². The van der Waals surface area contributed by atoms with Crippen LogP contribution in [0.4, 0.5) is 0 Å². The molecule has 0 bridgehead atoms. The molecule has 1 fully saturated rings. The van der Waals surface area contributed by atoms with Crippen LogP contribution in [0.15, 0.2) is 36.7 Å². The average molecular weight is 341 g/mol. The van der Waals surface area contributed by atoms with Crippen molar-refractivity contribution in [1.82, 2.24) is 25.3 Å². The molecule has 7 nitrogen and oxygen atoms in total. The summed E-state index contributed by atoms with van der Waals surface area (Å²) in [6.07, 6.45) is 3.81. The Bertz CT molecular complexity index is 770. The van der Waals surface area contributed by atoms with Crippen LogP contribution in [-0.2, 0) is 16.1 Å². The Labute approximate surface area is 147 Å². The molecular weight excluding hydrogens is 318 g/mol. The van der Waals surface area contributed by atoms with Gasteiger partial charge >= 0.3 is 0 Å². The van der Waals surface area contributed by atoms with E-state index in [2.05, 4.69) is 15.7 Å². The molecule has 1 saturated heterocycles. The smallest absolute Gasteiger partial charge is 0.237 e. The molecule has 1 aromatic carbocycles. The van der Waals surface area contributed by atoms with E-state index in [-0.39, 0.29) is 18.2 Å². The first-order valence-corrected chi connectivity index (χ1v) is 8.39. The van der Waals surface area contributed by atoms with Crippen molar-refractivity contribution in [2.45, 2.75) is 25.9 Å². The van der Waals surface area contributed by atoms with E-state index in [9.17, 15) is 9.59 Å². The summed E-state index contributed by atoms with van der Waals surface area (Å²) < 4.78 is 1.80. The molecule has 2 amide bonds. The van der Waals surface area contributed by atoms with E-state index in [0.717, 1.165) is 23.4 Å². The summed E-state index contributed by atoms with van der Waals surface area (Å²) in [6, 6.07) is 7.59. The lowest BCUT2D eigenvalue weighted by Crippen LogP contribution is -2.54. The highest BCUT2D eigenvalue weighted by molar-refractivity contribution is 5.88. The second-order valence-electron chi connectivity index (χ2n) is 6.35. The fraction of sp³-hybridized carbons (Fsp3) is 0.389. The van der Waals surface area contributed by atoms with Gasteiger partial charge in [-0.2, -0.15) is 5.10 Å². The minimum absolute atomic E-state index is 0.0868. The van der Waals surface area contributed by atoms with Crippen molar-refractivity contribution in [3.8, 4) is 5.69 Å². The number of aryl methyl sites for hydroxylation is 1. The molecule has 0 saturated carbocycles. The summed E-state index contributed by atoms with van der Waals surface area (Å²) in [5, 5.41) is 10.0. The van der Waals surface area contributed by atoms with Crippen LogP contribution < -0.4 is 10.6 Å². The van der Waals surface area contributed by atoms with E-state index in [0.29, 0.717) is 13.1 Å². The third kappa shape index (κ3) is 4.06. The van der Waals surface area contributed by atoms with Crippen LogP contribution in [0.25, 0.3) is 5.69 Å². The van der Waals surface area contributed by atoms with Crippen molar-refractivity contribution in [3.63, 3.8) is 0 Å². The third-order valence-corrected chi connectivity index (χ3v) is 4.47. The van der Waals surface area contributed by atoms with Crippen LogP contribution in [0.5, 0.6) is 0 Å². The number of rotatable bonds is 5. The Morgan fingerprint density at radius 3 is 2.96 bits per heavy atom. The molecule has 2 N–H and O–H groups in total. The highest BCUT2D eigenvalue weighted by atomic mass is 16.2. The average Bonchev–Trinajstić information content (AvgIpc) is 3.06. The van der Waals surface area contributed by atoms with Gasteiger partial charge in [-0.05, 0) is 25.6 Å². The number of benzene rings is 1. The predicted molar refractivity (Wildman–Crippen MR) is 94.2 cm³/mol. The molecule has 0 radical (unpaired) electrons. The standard InChI is InChI=1S/C18H23N5O2/c1-13-5-3-4-6-15(13)23-12-14(11-21-23)10-20-17(24)9-16-18(25)19-7-8-22(16)2/h3-6,11-12,16H,7-10H2,1-2H3,(H,19,25)(H,20,24)/t16-/m0/s1. The Morgan fingerprint density at radius 1 is 1.40 bits per heavy atom. The van der Waals surface area contributed by atoms with Crippen LogP contribution in [0.2, 0.25) is 0 Å². The van der Waals surface area contributed by atoms with Gasteiger partial charge in [0.05, 0.1) is 24.3 Å². The maximum atomic E-state index is 12.2. The maximum absolute atomic E-state index is 12.2. The summed E-state index contributed by atoms with van der Waals surface area (Å²) >= 11 is 0. The number of para-hydroxylation sites is 1. The fourth-order valence-electron chi connectivity index (χ4n) is 2.93. The van der Waals surface area contributed by atoms with Crippen LogP contribution in [-0.4, -0.2) is 52.7 Å². The van der Waals surface area contributed by atoms with Gasteiger partial charge in [-0.15, -0.1) is 0 Å². The van der Waals surface area contributed by atoms with Crippen LogP contribution in [0.1, 0.15) is 17.5 Å². The monoisotopic (exact) mass is 341 g/mol. The van der Waals surface area contributed by atoms with Gasteiger partial charge in [0.15, 0.2) is 0 Å². The second-order valence-corrected chi connectivity index (χ2v) is 6.35. The molecule has 3 rings (SSSR count). The third-order valence-electron chi connectivity index (χ3n) is 4.47. The van der Waals surface area contributed by atoms with Crippen molar-refractivity contribution in [1.29, 1.82) is 0 Å². The van der Waals surface area contributed by atoms with Gasteiger partial charge < -0.3 is 10.6 Å². The molecule has 1 atom stereocenters. The van der Waals surface area contributed by atoms with Crippen LogP contribution in [0, 0.1) is 6.92 Å². The molecule has 1 aromatic heterocycles. The number of hydrogen-bond donors (Lipinski definition) is 2. The van der Waals surface area contributed by atoms with Gasteiger partial charge in [0.25, 0.3) is 0 Å². The van der Waals surface area contributed by atoms with Crippen molar-refractivity contribution in [3.05, 3.63) is 47.8 Å². The van der Waals surface area contributed by atoms with E-state index in [1.807, 2.05) is 49.3 Å². The van der Waals surface area contributed by atoms with Gasteiger partial charge in [-0.3, -0.25) is 14.5 Å². The van der Waals surface area contributed by atoms with Gasteiger partial charge in [0.1, 0.15) is 0 Å². The van der Waals surface area contributed by atoms with E-state index < -0.39 is 6.04 Å². The fourth-order valence-corrected chi connectivity index (χ4v) is 2.93. The zero-order valence-electron chi connectivity index (χ0n) is 14.5. The molecule has 25 heavy (non-hydrogen) atoms. The van der Waals surface area contributed by atoms with Crippen molar-refractivity contribution < 1.29 is 9.59 Å². The Balaban J connectivity index is 1.56. The highest BCUT2D eigenvalue weighted by Gasteiger charge is 2.28. The Morgan fingerprint density at radius 2 is 2.20 bits per heavy atom. The predicted octanol–water partition coefficient (Wildman–Crippen LogP) is 0.617. The molecule has 7 heteroatoms. The molecule has 0 aliphatic carbocycles. The van der Waals surface area contributed by atoms with Crippen molar-refractivity contribution >= 4 is 11.8 Å². The molecule has 1 aliphatic heterocycles. The molecule has 0 unspecified atom stereocenters. The lowest BCUT2D eigenvalue weighted by atomic mass is 10.1. The maximum Gasteiger partial charge on any atom is 0.237 e. The van der Waals surface area contributed by atoms with E-state index in [1.165, 1.54) is 0 Å². The SMILES string of the molecule is Cc1ccccc1-n1cc(CNC(=O)C[C@H]2C(=O)NCCN2C)cn1. The van der Waals surface area contributed by atoms with E-state index >= 15 is 0 Å². The minimum Gasteiger partial charge on any atom is -0.353 e. The molecule has 132 valence electrons. The molecular formula is C18H23N5O2. The Hall–Kier alpha value is -2.67. The van der Waals surface area contributed by atoms with Gasteiger partial charge in [0, 0.05) is 31.4 Å². The molecule has 1 aliphatic rings. The van der Waals surface area contributed by atoms with Gasteiger partial charge in [-0.25, -0.2) is 4.68 Å². The normalized spacial score (nSPS) is 18.0. The first kappa shape index (κ1) is 17.2. The summed E-state index contributed by atoms with van der Waals surface area (Å²) in [4.78, 5) is 25.9. The van der Waals surface area contributed by atoms with Gasteiger partial charge in [0.2, 0.25) is 11.8 Å². The van der Waals surface area contributed by atoms with E-state index in [4.69, 9.17) is 0 Å². The highest BCUT2D eigenvalue weighted by Crippen LogP contribution is 2.13. The number of hydrogen-bond acceptors (Lipinski definition) is 4.